The zero-order valence-electron chi connectivity index (χ0n) is 10.7. The summed E-state index contributed by atoms with van der Waals surface area (Å²) in [6.45, 7) is 2.65. The van der Waals surface area contributed by atoms with E-state index in [1.54, 1.807) is 43.0 Å². The van der Waals surface area contributed by atoms with Crippen LogP contribution in [0.15, 0.2) is 24.3 Å². The third-order valence-electron chi connectivity index (χ3n) is 2.55. The Bertz CT molecular complexity index is 357. The van der Waals surface area contributed by atoms with Gasteiger partial charge >= 0.3 is 0 Å². The highest BCUT2D eigenvalue weighted by Crippen LogP contribution is 2.16. The van der Waals surface area contributed by atoms with Crippen molar-refractivity contribution in [1.29, 1.82) is 0 Å². The summed E-state index contributed by atoms with van der Waals surface area (Å²) < 4.78 is 0. The van der Waals surface area contributed by atoms with Crippen LogP contribution in [0.25, 0.3) is 0 Å². The van der Waals surface area contributed by atoms with Gasteiger partial charge in [-0.05, 0) is 30.9 Å². The van der Waals surface area contributed by atoms with Crippen molar-refractivity contribution in [3.8, 4) is 0 Å². The van der Waals surface area contributed by atoms with Crippen molar-refractivity contribution in [2.24, 2.45) is 0 Å². The molecule has 0 bridgehead atoms. The second-order valence-electron chi connectivity index (χ2n) is 4.63. The van der Waals surface area contributed by atoms with Crippen LogP contribution in [-0.4, -0.2) is 40.9 Å². The Balaban J connectivity index is 2.37. The number of hydrogen-bond donors (Lipinski definition) is 3. The summed E-state index contributed by atoms with van der Waals surface area (Å²) in [7, 11) is 0. The van der Waals surface area contributed by atoms with Crippen molar-refractivity contribution in [2.75, 3.05) is 25.1 Å². The first kappa shape index (κ1) is 15.8. The van der Waals surface area contributed by atoms with E-state index in [4.69, 9.17) is 11.6 Å². The Morgan fingerprint density at radius 3 is 2.56 bits per heavy atom. The second-order valence-corrected chi connectivity index (χ2v) is 5.93. The maximum atomic E-state index is 9.95. The molecule has 0 radical (unpaired) electrons. The Labute approximate surface area is 118 Å². The number of hydrogen-bond acceptors (Lipinski definition) is 4. The molecular weight excluding hydrogens is 270 g/mol. The molecule has 0 aliphatic carbocycles. The van der Waals surface area contributed by atoms with Crippen LogP contribution in [0.5, 0.6) is 0 Å². The van der Waals surface area contributed by atoms with Gasteiger partial charge in [0.15, 0.2) is 0 Å². The summed E-state index contributed by atoms with van der Waals surface area (Å²) in [6.07, 6.45) is 1.36. The van der Waals surface area contributed by atoms with E-state index in [0.717, 1.165) is 5.56 Å². The smallest absolute Gasteiger partial charge is 0.0914 e. The van der Waals surface area contributed by atoms with Gasteiger partial charge in [-0.25, -0.2) is 0 Å². The van der Waals surface area contributed by atoms with E-state index in [0.29, 0.717) is 23.9 Å². The van der Waals surface area contributed by atoms with Gasteiger partial charge in [-0.2, -0.15) is 11.8 Å². The summed E-state index contributed by atoms with van der Waals surface area (Å²) >= 11 is 7.38. The number of benzene rings is 1. The first-order valence-electron chi connectivity index (χ1n) is 5.80. The third-order valence-corrected chi connectivity index (χ3v) is 3.72. The van der Waals surface area contributed by atoms with Gasteiger partial charge < -0.3 is 15.5 Å². The fourth-order valence-electron chi connectivity index (χ4n) is 1.64. The lowest BCUT2D eigenvalue weighted by atomic mass is 10.1. The highest BCUT2D eigenvalue weighted by Gasteiger charge is 2.19. The number of aliphatic hydroxyl groups excluding tert-OH is 1. The largest absolute Gasteiger partial charge is 0.388 e. The molecule has 0 saturated carbocycles. The molecule has 1 rings (SSSR count). The summed E-state index contributed by atoms with van der Waals surface area (Å²) in [5, 5.41) is 23.6. The molecule has 18 heavy (non-hydrogen) atoms. The Kier molecular flexibility index (Phi) is 6.46. The highest BCUT2D eigenvalue weighted by atomic mass is 35.5. The number of thioether (sulfide) groups is 1. The maximum Gasteiger partial charge on any atom is 0.0914 e. The molecule has 0 heterocycles. The van der Waals surface area contributed by atoms with Crippen molar-refractivity contribution < 1.29 is 10.2 Å². The van der Waals surface area contributed by atoms with E-state index in [-0.39, 0.29) is 0 Å². The molecule has 1 aromatic carbocycles. The topological polar surface area (TPSA) is 52.5 Å². The molecule has 0 aliphatic rings. The van der Waals surface area contributed by atoms with Gasteiger partial charge in [-0.15, -0.1) is 0 Å². The lowest BCUT2D eigenvalue weighted by Crippen LogP contribution is -2.41. The van der Waals surface area contributed by atoms with E-state index >= 15 is 0 Å². The average molecular weight is 290 g/mol. The molecule has 3 N–H and O–H groups in total. The van der Waals surface area contributed by atoms with Gasteiger partial charge in [-0.3, -0.25) is 0 Å². The molecule has 0 aliphatic heterocycles. The van der Waals surface area contributed by atoms with Crippen LogP contribution in [0, 0.1) is 0 Å². The fourth-order valence-corrected chi connectivity index (χ4v) is 2.49. The molecule has 1 aromatic rings. The van der Waals surface area contributed by atoms with Gasteiger partial charge in [0, 0.05) is 23.9 Å². The van der Waals surface area contributed by atoms with Crippen LogP contribution in [0.2, 0.25) is 5.02 Å². The molecule has 0 fully saturated rings. The van der Waals surface area contributed by atoms with Crippen LogP contribution in [0.3, 0.4) is 0 Å². The van der Waals surface area contributed by atoms with Gasteiger partial charge in [0.2, 0.25) is 0 Å². The number of rotatable bonds is 7. The predicted molar refractivity (Wildman–Crippen MR) is 78.3 cm³/mol. The van der Waals surface area contributed by atoms with Gasteiger partial charge in [0.1, 0.15) is 0 Å². The van der Waals surface area contributed by atoms with Crippen LogP contribution in [0.4, 0.5) is 0 Å². The molecule has 0 saturated heterocycles. The van der Waals surface area contributed by atoms with Crippen LogP contribution < -0.4 is 5.32 Å². The van der Waals surface area contributed by atoms with Crippen LogP contribution in [-0.2, 0) is 0 Å². The third kappa shape index (κ3) is 5.59. The minimum atomic E-state index is -0.751. The van der Waals surface area contributed by atoms with E-state index in [1.165, 1.54) is 0 Å². The molecule has 5 heteroatoms. The van der Waals surface area contributed by atoms with E-state index in [1.807, 2.05) is 6.26 Å². The standard InChI is InChI=1S/C13H20ClNO2S/c1-13(17,9-18-2)8-15-7-12(16)10-3-5-11(14)6-4-10/h3-6,12,15-17H,7-9H2,1-2H3. The van der Waals surface area contributed by atoms with Crippen molar-refractivity contribution in [3.63, 3.8) is 0 Å². The molecule has 0 amide bonds. The molecule has 0 aromatic heterocycles. The van der Waals surface area contributed by atoms with Crippen molar-refractivity contribution in [2.45, 2.75) is 18.6 Å². The Hall–Kier alpha value is -0.260. The zero-order valence-corrected chi connectivity index (χ0v) is 12.3. The predicted octanol–water partition coefficient (Wildman–Crippen LogP) is 2.08. The summed E-state index contributed by atoms with van der Waals surface area (Å²) in [4.78, 5) is 0. The molecule has 2 atom stereocenters. The first-order valence-corrected chi connectivity index (χ1v) is 7.57. The van der Waals surface area contributed by atoms with Crippen molar-refractivity contribution in [3.05, 3.63) is 34.9 Å². The average Bonchev–Trinajstić information content (AvgIpc) is 2.29. The Morgan fingerprint density at radius 2 is 2.00 bits per heavy atom. The van der Waals surface area contributed by atoms with E-state index in [9.17, 15) is 10.2 Å². The number of nitrogens with one attached hydrogen (secondary N) is 1. The summed E-state index contributed by atoms with van der Waals surface area (Å²) in [5.41, 5.74) is 0.0653. The van der Waals surface area contributed by atoms with Gasteiger partial charge in [0.05, 0.1) is 11.7 Å². The van der Waals surface area contributed by atoms with Crippen LogP contribution in [0.1, 0.15) is 18.6 Å². The molecular formula is C13H20ClNO2S. The lowest BCUT2D eigenvalue weighted by molar-refractivity contribution is 0.0786. The SMILES string of the molecule is CSCC(C)(O)CNCC(O)c1ccc(Cl)cc1. The van der Waals surface area contributed by atoms with Crippen molar-refractivity contribution in [1.82, 2.24) is 5.32 Å². The second kappa shape index (κ2) is 7.36. The summed E-state index contributed by atoms with van der Waals surface area (Å²) in [6, 6.07) is 7.11. The molecule has 2 unspecified atom stereocenters. The monoisotopic (exact) mass is 289 g/mol. The summed E-state index contributed by atoms with van der Waals surface area (Å²) in [5.74, 6) is 0.664. The minimum absolute atomic E-state index is 0.409. The maximum absolute atomic E-state index is 9.95. The lowest BCUT2D eigenvalue weighted by Gasteiger charge is -2.23. The van der Waals surface area contributed by atoms with Crippen LogP contribution >= 0.6 is 23.4 Å². The normalized spacial score (nSPS) is 16.3. The Morgan fingerprint density at radius 1 is 1.39 bits per heavy atom. The first-order chi connectivity index (χ1) is 8.44. The van der Waals surface area contributed by atoms with E-state index < -0.39 is 11.7 Å². The minimum Gasteiger partial charge on any atom is -0.388 e. The van der Waals surface area contributed by atoms with Crippen molar-refractivity contribution >= 4 is 23.4 Å². The van der Waals surface area contributed by atoms with Gasteiger partial charge in [-0.1, -0.05) is 23.7 Å². The number of aliphatic hydroxyl groups is 2. The van der Waals surface area contributed by atoms with Gasteiger partial charge in [0.25, 0.3) is 0 Å². The molecule has 0 spiro atoms. The van der Waals surface area contributed by atoms with E-state index in [2.05, 4.69) is 5.32 Å². The number of halogens is 1. The zero-order chi connectivity index (χ0) is 13.6. The fraction of sp³-hybridized carbons (Fsp3) is 0.538. The quantitative estimate of drug-likeness (QED) is 0.719. The highest BCUT2D eigenvalue weighted by molar-refractivity contribution is 7.98. The molecule has 102 valence electrons. The molecule has 3 nitrogen and oxygen atoms in total.